The monoisotopic (exact) mass is 377 g/mol. The predicted molar refractivity (Wildman–Crippen MR) is 109 cm³/mol. The number of carbonyl (C=O) groups excluding carboxylic acids is 1. The molecule has 0 N–H and O–H groups in total. The predicted octanol–water partition coefficient (Wildman–Crippen LogP) is 3.63. The second kappa shape index (κ2) is 8.00. The first-order valence-electron chi connectivity index (χ1n) is 10.1. The second-order valence-corrected chi connectivity index (χ2v) is 7.52. The number of carbonyl (C=O) groups is 1. The van der Waals surface area contributed by atoms with Crippen molar-refractivity contribution in [2.75, 3.05) is 13.1 Å². The van der Waals surface area contributed by atoms with Crippen LogP contribution in [0.15, 0.2) is 48.8 Å². The van der Waals surface area contributed by atoms with Crippen molar-refractivity contribution in [2.24, 2.45) is 5.92 Å². The van der Waals surface area contributed by atoms with E-state index in [1.54, 1.807) is 4.68 Å². The molecule has 1 aliphatic heterocycles. The molecule has 1 atom stereocenters. The molecule has 3 heterocycles. The van der Waals surface area contributed by atoms with Gasteiger partial charge in [0, 0.05) is 49.8 Å². The highest BCUT2D eigenvalue weighted by Gasteiger charge is 2.27. The summed E-state index contributed by atoms with van der Waals surface area (Å²) in [5.41, 5.74) is 2.83. The van der Waals surface area contributed by atoms with Crippen LogP contribution in [-0.2, 0) is 13.1 Å². The zero-order valence-corrected chi connectivity index (χ0v) is 16.6. The first kappa shape index (κ1) is 18.5. The lowest BCUT2D eigenvalue weighted by Gasteiger charge is -2.33. The highest BCUT2D eigenvalue weighted by molar-refractivity contribution is 5.92. The minimum atomic E-state index is 0.0440. The summed E-state index contributed by atoms with van der Waals surface area (Å²) < 4.78 is 4.09. The standard InChI is InChI=1S/C22H27N5O/c1-3-26-13-11-20(24-26)22(28)25-12-7-8-18(15-25)16-27-17(2)14-23-21(27)19-9-5-4-6-10-19/h4-6,9-11,13-14,18H,3,7-8,12,15-16H2,1-2H3. The molecule has 146 valence electrons. The molecule has 0 radical (unpaired) electrons. The summed E-state index contributed by atoms with van der Waals surface area (Å²) in [5.74, 6) is 1.46. The van der Waals surface area contributed by atoms with Crippen molar-refractivity contribution in [3.8, 4) is 11.4 Å². The van der Waals surface area contributed by atoms with Crippen LogP contribution in [0.25, 0.3) is 11.4 Å². The first-order valence-corrected chi connectivity index (χ1v) is 10.1. The van der Waals surface area contributed by atoms with Crippen molar-refractivity contribution < 1.29 is 4.79 Å². The number of aryl methyl sites for hydroxylation is 2. The molecule has 6 heteroatoms. The van der Waals surface area contributed by atoms with Crippen LogP contribution in [0.4, 0.5) is 0 Å². The normalized spacial score (nSPS) is 17.1. The van der Waals surface area contributed by atoms with Gasteiger partial charge in [-0.3, -0.25) is 9.48 Å². The minimum Gasteiger partial charge on any atom is -0.337 e. The third kappa shape index (κ3) is 3.72. The van der Waals surface area contributed by atoms with Crippen LogP contribution in [0.3, 0.4) is 0 Å². The van der Waals surface area contributed by atoms with Gasteiger partial charge < -0.3 is 9.47 Å². The number of benzene rings is 1. The molecular formula is C22H27N5O. The molecule has 0 bridgehead atoms. The van der Waals surface area contributed by atoms with E-state index < -0.39 is 0 Å². The number of amides is 1. The number of likely N-dealkylation sites (tertiary alicyclic amines) is 1. The largest absolute Gasteiger partial charge is 0.337 e. The molecule has 0 saturated carbocycles. The van der Waals surface area contributed by atoms with Crippen molar-refractivity contribution in [3.05, 3.63) is 60.2 Å². The van der Waals surface area contributed by atoms with E-state index in [0.717, 1.165) is 56.1 Å². The summed E-state index contributed by atoms with van der Waals surface area (Å²) in [6.45, 7) is 7.35. The van der Waals surface area contributed by atoms with Crippen molar-refractivity contribution in [2.45, 2.75) is 39.8 Å². The molecule has 6 nitrogen and oxygen atoms in total. The number of hydrogen-bond donors (Lipinski definition) is 0. The van der Waals surface area contributed by atoms with Gasteiger partial charge in [0.15, 0.2) is 0 Å². The molecule has 0 aliphatic carbocycles. The number of hydrogen-bond acceptors (Lipinski definition) is 3. The smallest absolute Gasteiger partial charge is 0.274 e. The molecule has 3 aromatic rings. The summed E-state index contributed by atoms with van der Waals surface area (Å²) in [7, 11) is 0. The zero-order valence-electron chi connectivity index (χ0n) is 16.6. The maximum absolute atomic E-state index is 12.9. The number of nitrogens with zero attached hydrogens (tertiary/aromatic N) is 5. The van der Waals surface area contributed by atoms with E-state index >= 15 is 0 Å². The Morgan fingerprint density at radius 3 is 2.79 bits per heavy atom. The molecule has 1 aromatic carbocycles. The Kier molecular flexibility index (Phi) is 5.28. The van der Waals surface area contributed by atoms with Gasteiger partial charge in [0.1, 0.15) is 11.5 Å². The summed E-state index contributed by atoms with van der Waals surface area (Å²) >= 11 is 0. The van der Waals surface area contributed by atoms with E-state index in [1.807, 2.05) is 48.5 Å². The molecule has 4 rings (SSSR count). The molecule has 1 aliphatic rings. The van der Waals surface area contributed by atoms with Crippen molar-refractivity contribution in [1.29, 1.82) is 0 Å². The average molecular weight is 377 g/mol. The summed E-state index contributed by atoms with van der Waals surface area (Å²) in [6, 6.07) is 12.1. The fourth-order valence-electron chi connectivity index (χ4n) is 3.98. The number of rotatable bonds is 5. The lowest BCUT2D eigenvalue weighted by atomic mass is 9.97. The molecule has 1 amide bonds. The number of aromatic nitrogens is 4. The molecule has 2 aromatic heterocycles. The molecule has 28 heavy (non-hydrogen) atoms. The average Bonchev–Trinajstić information content (AvgIpc) is 3.36. The van der Waals surface area contributed by atoms with Gasteiger partial charge in [-0.15, -0.1) is 0 Å². The Bertz CT molecular complexity index is 943. The van der Waals surface area contributed by atoms with Crippen molar-refractivity contribution in [3.63, 3.8) is 0 Å². The van der Waals surface area contributed by atoms with E-state index in [-0.39, 0.29) is 5.91 Å². The van der Waals surface area contributed by atoms with Gasteiger partial charge in [-0.1, -0.05) is 30.3 Å². The molecule has 0 spiro atoms. The highest BCUT2D eigenvalue weighted by atomic mass is 16.2. The zero-order chi connectivity index (χ0) is 19.5. The van der Waals surface area contributed by atoms with Gasteiger partial charge in [-0.25, -0.2) is 4.98 Å². The number of imidazole rings is 1. The maximum atomic E-state index is 12.9. The molecule has 1 unspecified atom stereocenters. The Morgan fingerprint density at radius 1 is 1.21 bits per heavy atom. The highest BCUT2D eigenvalue weighted by Crippen LogP contribution is 2.25. The Balaban J connectivity index is 1.49. The van der Waals surface area contributed by atoms with E-state index in [2.05, 4.69) is 33.7 Å². The van der Waals surface area contributed by atoms with Crippen LogP contribution in [0, 0.1) is 12.8 Å². The third-order valence-corrected chi connectivity index (χ3v) is 5.52. The minimum absolute atomic E-state index is 0.0440. The fourth-order valence-corrected chi connectivity index (χ4v) is 3.98. The van der Waals surface area contributed by atoms with E-state index in [9.17, 15) is 4.79 Å². The number of piperidine rings is 1. The molecule has 1 fully saturated rings. The van der Waals surface area contributed by atoms with Crippen LogP contribution in [0.1, 0.15) is 35.9 Å². The SMILES string of the molecule is CCn1ccc(C(=O)N2CCCC(Cn3c(C)cnc3-c3ccccc3)C2)n1. The van der Waals surface area contributed by atoms with Gasteiger partial charge >= 0.3 is 0 Å². The van der Waals surface area contributed by atoms with Crippen LogP contribution < -0.4 is 0 Å². The van der Waals surface area contributed by atoms with Crippen LogP contribution in [-0.4, -0.2) is 43.2 Å². The van der Waals surface area contributed by atoms with E-state index in [1.165, 1.54) is 0 Å². The summed E-state index contributed by atoms with van der Waals surface area (Å²) in [6.07, 6.45) is 5.96. The second-order valence-electron chi connectivity index (χ2n) is 7.52. The maximum Gasteiger partial charge on any atom is 0.274 e. The van der Waals surface area contributed by atoms with Gasteiger partial charge in [-0.2, -0.15) is 5.10 Å². The summed E-state index contributed by atoms with van der Waals surface area (Å²) in [5, 5.41) is 4.38. The lowest BCUT2D eigenvalue weighted by molar-refractivity contribution is 0.0655. The van der Waals surface area contributed by atoms with Gasteiger partial charge in [-0.05, 0) is 38.7 Å². The van der Waals surface area contributed by atoms with Crippen LogP contribution in [0.2, 0.25) is 0 Å². The first-order chi connectivity index (χ1) is 13.7. The topological polar surface area (TPSA) is 56.0 Å². The molecular weight excluding hydrogens is 350 g/mol. The van der Waals surface area contributed by atoms with Crippen LogP contribution in [0.5, 0.6) is 0 Å². The van der Waals surface area contributed by atoms with Gasteiger partial charge in [0.25, 0.3) is 5.91 Å². The van der Waals surface area contributed by atoms with Crippen molar-refractivity contribution >= 4 is 5.91 Å². The van der Waals surface area contributed by atoms with Gasteiger partial charge in [0.05, 0.1) is 0 Å². The van der Waals surface area contributed by atoms with Crippen molar-refractivity contribution in [1.82, 2.24) is 24.2 Å². The fraction of sp³-hybridized carbons (Fsp3) is 0.409. The quantitative estimate of drug-likeness (QED) is 0.682. The van der Waals surface area contributed by atoms with Crippen LogP contribution >= 0.6 is 0 Å². The Labute approximate surface area is 165 Å². The Morgan fingerprint density at radius 2 is 2.04 bits per heavy atom. The Hall–Kier alpha value is -2.89. The molecule has 1 saturated heterocycles. The van der Waals surface area contributed by atoms with E-state index in [4.69, 9.17) is 0 Å². The third-order valence-electron chi connectivity index (χ3n) is 5.52. The summed E-state index contributed by atoms with van der Waals surface area (Å²) in [4.78, 5) is 19.5. The van der Waals surface area contributed by atoms with E-state index in [0.29, 0.717) is 11.6 Å². The van der Waals surface area contributed by atoms with Gasteiger partial charge in [0.2, 0.25) is 0 Å². The lowest BCUT2D eigenvalue weighted by Crippen LogP contribution is -2.41.